The van der Waals surface area contributed by atoms with Gasteiger partial charge in [-0.1, -0.05) is 0 Å². The van der Waals surface area contributed by atoms with E-state index in [0.717, 1.165) is 12.3 Å². The fraction of sp³-hybridized carbons (Fsp3) is 0.333. The molecule has 68 valence electrons. The molecule has 0 saturated heterocycles. The van der Waals surface area contributed by atoms with E-state index in [-0.39, 0.29) is 0 Å². The summed E-state index contributed by atoms with van der Waals surface area (Å²) >= 11 is 2.92. The van der Waals surface area contributed by atoms with Gasteiger partial charge in [0.05, 0.1) is 0 Å². The molecule has 0 aromatic carbocycles. The first-order valence-electron chi connectivity index (χ1n) is 3.00. The van der Waals surface area contributed by atoms with Gasteiger partial charge in [0.2, 0.25) is 0 Å². The number of dihydropyridines is 1. The Morgan fingerprint density at radius 3 is 2.50 bits per heavy atom. The predicted octanol–water partition coefficient (Wildman–Crippen LogP) is 2.20. The molecule has 1 atom stereocenters. The summed E-state index contributed by atoms with van der Waals surface area (Å²) in [7, 11) is 0. The minimum Gasteiger partial charge on any atom is -0.510 e. The van der Waals surface area contributed by atoms with Crippen molar-refractivity contribution in [1.29, 1.82) is 0 Å². The van der Waals surface area contributed by atoms with E-state index >= 15 is 0 Å². The normalized spacial score (nSPS) is 24.2. The van der Waals surface area contributed by atoms with Gasteiger partial charge in [-0.15, -0.1) is 0 Å². The third kappa shape index (κ3) is 1.94. The lowest BCUT2D eigenvalue weighted by Crippen LogP contribution is -2.42. The summed E-state index contributed by atoms with van der Waals surface area (Å²) in [5, 5.41) is 10.9. The number of halogens is 4. The second kappa shape index (κ2) is 3.01. The van der Waals surface area contributed by atoms with Gasteiger partial charge in [0, 0.05) is 10.7 Å². The van der Waals surface area contributed by atoms with Crippen molar-refractivity contribution in [3.8, 4) is 0 Å². The molecule has 0 bridgehead atoms. The van der Waals surface area contributed by atoms with Gasteiger partial charge in [-0.3, -0.25) is 0 Å². The minimum absolute atomic E-state index is 0.375. The molecule has 1 aliphatic rings. The molecule has 0 fully saturated rings. The summed E-state index contributed by atoms with van der Waals surface area (Å²) in [5.74, 6) is -0.739. The van der Waals surface area contributed by atoms with Gasteiger partial charge < -0.3 is 10.4 Å². The number of hydrogen-bond donors (Lipinski definition) is 2. The zero-order chi connectivity index (χ0) is 9.35. The predicted molar refractivity (Wildman–Crippen MR) is 40.7 cm³/mol. The van der Waals surface area contributed by atoms with Crippen LogP contribution in [0.2, 0.25) is 0 Å². The fourth-order valence-electron chi connectivity index (χ4n) is 0.777. The fourth-order valence-corrected chi connectivity index (χ4v) is 1.14. The zero-order valence-electron chi connectivity index (χ0n) is 5.69. The van der Waals surface area contributed by atoms with Crippen molar-refractivity contribution in [3.63, 3.8) is 0 Å². The Hall–Kier alpha value is -0.650. The second-order valence-electron chi connectivity index (χ2n) is 2.24. The monoisotopic (exact) mass is 243 g/mol. The molecule has 0 aromatic heterocycles. The number of rotatable bonds is 0. The van der Waals surface area contributed by atoms with Crippen LogP contribution in [0.15, 0.2) is 22.5 Å². The molecule has 2 N–H and O–H groups in total. The molecule has 0 saturated carbocycles. The van der Waals surface area contributed by atoms with Gasteiger partial charge in [-0.25, -0.2) is 0 Å². The van der Waals surface area contributed by atoms with Crippen LogP contribution in [-0.4, -0.2) is 17.3 Å². The Morgan fingerprint density at radius 2 is 2.08 bits per heavy atom. The quantitative estimate of drug-likeness (QED) is 0.684. The largest absolute Gasteiger partial charge is 0.510 e. The number of aliphatic hydroxyl groups is 1. The number of hydrogen-bond acceptors (Lipinski definition) is 2. The molecule has 0 aromatic rings. The Bertz CT molecular complexity index is 246. The maximum absolute atomic E-state index is 12.0. The van der Waals surface area contributed by atoms with E-state index in [1.807, 2.05) is 5.32 Å². The highest BCUT2D eigenvalue weighted by Crippen LogP contribution is 2.28. The standard InChI is InChI=1S/C6H5BrF3NO/c7-3-1-4(12)5(11-2-3)6(8,9)10/h1-2,5,11-12H/t5-/m1/s1. The van der Waals surface area contributed by atoms with E-state index in [4.69, 9.17) is 5.11 Å². The van der Waals surface area contributed by atoms with Crippen LogP contribution < -0.4 is 5.32 Å². The average Bonchev–Trinajstić information content (AvgIpc) is 1.83. The maximum atomic E-state index is 12.0. The summed E-state index contributed by atoms with van der Waals surface area (Å²) in [6.07, 6.45) is -2.32. The molecular weight excluding hydrogens is 239 g/mol. The highest BCUT2D eigenvalue weighted by molar-refractivity contribution is 9.11. The van der Waals surface area contributed by atoms with Crippen molar-refractivity contribution in [2.75, 3.05) is 0 Å². The first kappa shape index (κ1) is 9.44. The Balaban J connectivity index is 2.82. The van der Waals surface area contributed by atoms with Crippen LogP contribution in [0.4, 0.5) is 13.2 Å². The molecule has 6 heteroatoms. The number of alkyl halides is 3. The molecule has 0 unspecified atom stereocenters. The van der Waals surface area contributed by atoms with Gasteiger partial charge >= 0.3 is 6.18 Å². The molecule has 2 nitrogen and oxygen atoms in total. The van der Waals surface area contributed by atoms with Gasteiger partial charge in [-0.05, 0) is 22.0 Å². The summed E-state index contributed by atoms with van der Waals surface area (Å²) in [6, 6.07) is -1.99. The number of aliphatic hydroxyl groups excluding tert-OH is 1. The Morgan fingerprint density at radius 1 is 1.50 bits per heavy atom. The van der Waals surface area contributed by atoms with Crippen LogP contribution in [0, 0.1) is 0 Å². The van der Waals surface area contributed by atoms with E-state index in [0.29, 0.717) is 4.48 Å². The van der Waals surface area contributed by atoms with Gasteiger partial charge in [0.15, 0.2) is 6.04 Å². The van der Waals surface area contributed by atoms with Crippen LogP contribution in [0.3, 0.4) is 0 Å². The summed E-state index contributed by atoms with van der Waals surface area (Å²) in [5.41, 5.74) is 0. The molecule has 1 heterocycles. The van der Waals surface area contributed by atoms with Crippen LogP contribution in [-0.2, 0) is 0 Å². The van der Waals surface area contributed by atoms with Crippen LogP contribution >= 0.6 is 15.9 Å². The average molecular weight is 244 g/mol. The summed E-state index contributed by atoms with van der Waals surface area (Å²) < 4.78 is 36.4. The summed E-state index contributed by atoms with van der Waals surface area (Å²) in [6.45, 7) is 0. The Kier molecular flexibility index (Phi) is 2.36. The van der Waals surface area contributed by atoms with Gasteiger partial charge in [-0.2, -0.15) is 13.2 Å². The van der Waals surface area contributed by atoms with E-state index < -0.39 is 18.0 Å². The third-order valence-corrected chi connectivity index (χ3v) is 1.75. The molecular formula is C6H5BrF3NO. The number of allylic oxidation sites excluding steroid dienone is 2. The van der Waals surface area contributed by atoms with Crippen LogP contribution in [0.25, 0.3) is 0 Å². The van der Waals surface area contributed by atoms with Crippen molar-refractivity contribution in [2.45, 2.75) is 12.2 Å². The molecule has 12 heavy (non-hydrogen) atoms. The van der Waals surface area contributed by atoms with Gasteiger partial charge in [0.1, 0.15) is 5.76 Å². The van der Waals surface area contributed by atoms with Crippen LogP contribution in [0.5, 0.6) is 0 Å². The van der Waals surface area contributed by atoms with Crippen molar-refractivity contribution in [3.05, 3.63) is 22.5 Å². The SMILES string of the molecule is OC1=CC(Br)=CN[C@H]1C(F)(F)F. The van der Waals surface area contributed by atoms with Crippen molar-refractivity contribution in [1.82, 2.24) is 5.32 Å². The smallest absolute Gasteiger partial charge is 0.415 e. The number of nitrogens with one attached hydrogen (secondary N) is 1. The molecule has 1 rings (SSSR count). The van der Waals surface area contributed by atoms with E-state index in [2.05, 4.69) is 15.9 Å². The van der Waals surface area contributed by atoms with E-state index in [9.17, 15) is 13.2 Å². The van der Waals surface area contributed by atoms with Crippen molar-refractivity contribution in [2.24, 2.45) is 0 Å². The zero-order valence-corrected chi connectivity index (χ0v) is 7.28. The molecule has 0 aliphatic carbocycles. The van der Waals surface area contributed by atoms with Crippen molar-refractivity contribution < 1.29 is 18.3 Å². The lowest BCUT2D eigenvalue weighted by molar-refractivity contribution is -0.151. The topological polar surface area (TPSA) is 32.3 Å². The Labute approximate surface area is 74.9 Å². The second-order valence-corrected chi connectivity index (χ2v) is 3.16. The van der Waals surface area contributed by atoms with E-state index in [1.54, 1.807) is 0 Å². The lowest BCUT2D eigenvalue weighted by Gasteiger charge is -2.22. The molecule has 0 amide bonds. The first-order valence-corrected chi connectivity index (χ1v) is 3.79. The van der Waals surface area contributed by atoms with Crippen LogP contribution in [0.1, 0.15) is 0 Å². The summed E-state index contributed by atoms with van der Waals surface area (Å²) in [4.78, 5) is 0. The highest BCUT2D eigenvalue weighted by atomic mass is 79.9. The lowest BCUT2D eigenvalue weighted by atomic mass is 10.2. The minimum atomic E-state index is -4.47. The molecule has 1 aliphatic heterocycles. The highest BCUT2D eigenvalue weighted by Gasteiger charge is 2.43. The molecule has 0 radical (unpaired) electrons. The third-order valence-electron chi connectivity index (χ3n) is 1.30. The molecule has 0 spiro atoms. The first-order chi connectivity index (χ1) is 5.41. The van der Waals surface area contributed by atoms with E-state index in [1.165, 1.54) is 0 Å². The maximum Gasteiger partial charge on any atom is 0.415 e. The van der Waals surface area contributed by atoms with Gasteiger partial charge in [0.25, 0.3) is 0 Å². The van der Waals surface area contributed by atoms with Crippen molar-refractivity contribution >= 4 is 15.9 Å².